The van der Waals surface area contributed by atoms with Gasteiger partial charge in [0, 0.05) is 25.2 Å². The van der Waals surface area contributed by atoms with Crippen LogP contribution in [0.2, 0.25) is 0 Å². The number of nitrogens with two attached hydrogens (primary N) is 1. The quantitative estimate of drug-likeness (QED) is 0.770. The SMILES string of the molecule is C[C@H](c1ccccc1)N1CCC(N)C1. The first-order chi connectivity index (χ1) is 6.77. The summed E-state index contributed by atoms with van der Waals surface area (Å²) in [5.41, 5.74) is 7.29. The maximum absolute atomic E-state index is 5.90. The van der Waals surface area contributed by atoms with E-state index >= 15 is 0 Å². The summed E-state index contributed by atoms with van der Waals surface area (Å²) in [6, 6.07) is 11.5. The van der Waals surface area contributed by atoms with Crippen LogP contribution in [0.25, 0.3) is 0 Å². The normalized spacial score (nSPS) is 25.1. The smallest absolute Gasteiger partial charge is 0.0320 e. The molecule has 1 fully saturated rings. The van der Waals surface area contributed by atoms with E-state index in [-0.39, 0.29) is 0 Å². The van der Waals surface area contributed by atoms with Crippen LogP contribution < -0.4 is 5.73 Å². The zero-order chi connectivity index (χ0) is 9.97. The van der Waals surface area contributed by atoms with Crippen LogP contribution in [0.15, 0.2) is 30.3 Å². The van der Waals surface area contributed by atoms with E-state index in [9.17, 15) is 0 Å². The van der Waals surface area contributed by atoms with Crippen LogP contribution in [0, 0.1) is 0 Å². The number of nitrogens with zero attached hydrogens (tertiary/aromatic N) is 1. The molecule has 1 aliphatic rings. The van der Waals surface area contributed by atoms with Gasteiger partial charge in [0.05, 0.1) is 0 Å². The molecule has 1 saturated heterocycles. The highest BCUT2D eigenvalue weighted by Gasteiger charge is 2.23. The van der Waals surface area contributed by atoms with Gasteiger partial charge in [0.2, 0.25) is 0 Å². The topological polar surface area (TPSA) is 29.3 Å². The predicted molar refractivity (Wildman–Crippen MR) is 59.0 cm³/mol. The van der Waals surface area contributed by atoms with Crippen LogP contribution in [-0.4, -0.2) is 24.0 Å². The Morgan fingerprint density at radius 3 is 2.64 bits per heavy atom. The Morgan fingerprint density at radius 2 is 2.07 bits per heavy atom. The molecule has 0 saturated carbocycles. The molecule has 1 heterocycles. The Kier molecular flexibility index (Phi) is 2.85. The molecule has 0 radical (unpaired) electrons. The van der Waals surface area contributed by atoms with E-state index in [0.717, 1.165) is 19.5 Å². The summed E-state index contributed by atoms with van der Waals surface area (Å²) in [4.78, 5) is 2.46. The van der Waals surface area contributed by atoms with Gasteiger partial charge in [0.25, 0.3) is 0 Å². The Bertz CT molecular complexity index is 284. The molecule has 1 aromatic carbocycles. The van der Waals surface area contributed by atoms with Crippen LogP contribution in [0.3, 0.4) is 0 Å². The second kappa shape index (κ2) is 4.11. The zero-order valence-corrected chi connectivity index (χ0v) is 8.69. The Morgan fingerprint density at radius 1 is 1.36 bits per heavy atom. The third kappa shape index (κ3) is 1.97. The number of hydrogen-bond donors (Lipinski definition) is 1. The monoisotopic (exact) mass is 190 g/mol. The lowest BCUT2D eigenvalue weighted by Crippen LogP contribution is -2.28. The van der Waals surface area contributed by atoms with Crippen molar-refractivity contribution in [3.8, 4) is 0 Å². The van der Waals surface area contributed by atoms with Crippen molar-refractivity contribution in [3.63, 3.8) is 0 Å². The van der Waals surface area contributed by atoms with Gasteiger partial charge in [0.1, 0.15) is 0 Å². The molecule has 0 bridgehead atoms. The molecule has 2 nitrogen and oxygen atoms in total. The van der Waals surface area contributed by atoms with E-state index in [2.05, 4.69) is 42.2 Å². The molecule has 14 heavy (non-hydrogen) atoms. The standard InChI is InChI=1S/C12H18N2/c1-10(11-5-3-2-4-6-11)14-8-7-12(13)9-14/h2-6,10,12H,7-9,13H2,1H3/t10-,12?/m1/s1. The van der Waals surface area contributed by atoms with Gasteiger partial charge in [-0.1, -0.05) is 30.3 Å². The molecular formula is C12H18N2. The number of benzene rings is 1. The first-order valence-corrected chi connectivity index (χ1v) is 5.32. The lowest BCUT2D eigenvalue weighted by Gasteiger charge is -2.24. The maximum atomic E-state index is 5.90. The van der Waals surface area contributed by atoms with Gasteiger partial charge in [-0.15, -0.1) is 0 Å². The Hall–Kier alpha value is -0.860. The lowest BCUT2D eigenvalue weighted by molar-refractivity contribution is 0.260. The molecule has 0 spiro atoms. The molecule has 0 aromatic heterocycles. The van der Waals surface area contributed by atoms with Gasteiger partial charge in [-0.3, -0.25) is 4.90 Å². The van der Waals surface area contributed by atoms with E-state index in [1.165, 1.54) is 5.56 Å². The van der Waals surface area contributed by atoms with Gasteiger partial charge in [0.15, 0.2) is 0 Å². The van der Waals surface area contributed by atoms with Crippen LogP contribution in [0.1, 0.15) is 24.9 Å². The molecule has 1 aliphatic heterocycles. The average Bonchev–Trinajstić information content (AvgIpc) is 2.65. The predicted octanol–water partition coefficient (Wildman–Crippen LogP) is 1.78. The Balaban J connectivity index is 2.05. The van der Waals surface area contributed by atoms with Crippen molar-refractivity contribution < 1.29 is 0 Å². The highest BCUT2D eigenvalue weighted by atomic mass is 15.2. The summed E-state index contributed by atoms with van der Waals surface area (Å²) in [6.45, 7) is 4.43. The molecule has 2 atom stereocenters. The summed E-state index contributed by atoms with van der Waals surface area (Å²) in [6.07, 6.45) is 1.14. The fourth-order valence-electron chi connectivity index (χ4n) is 2.11. The van der Waals surface area contributed by atoms with Crippen molar-refractivity contribution in [1.82, 2.24) is 4.90 Å². The minimum Gasteiger partial charge on any atom is -0.326 e. The zero-order valence-electron chi connectivity index (χ0n) is 8.69. The van der Waals surface area contributed by atoms with E-state index in [1.54, 1.807) is 0 Å². The second-order valence-electron chi connectivity index (χ2n) is 4.13. The lowest BCUT2D eigenvalue weighted by atomic mass is 10.1. The largest absolute Gasteiger partial charge is 0.326 e. The number of hydrogen-bond acceptors (Lipinski definition) is 2. The molecule has 1 unspecified atom stereocenters. The summed E-state index contributed by atoms with van der Waals surface area (Å²) in [7, 11) is 0. The van der Waals surface area contributed by atoms with E-state index in [0.29, 0.717) is 12.1 Å². The summed E-state index contributed by atoms with van der Waals surface area (Å²) >= 11 is 0. The van der Waals surface area contributed by atoms with Crippen LogP contribution >= 0.6 is 0 Å². The average molecular weight is 190 g/mol. The molecular weight excluding hydrogens is 172 g/mol. The summed E-state index contributed by atoms with van der Waals surface area (Å²) < 4.78 is 0. The molecule has 0 amide bonds. The number of rotatable bonds is 2. The third-order valence-electron chi connectivity index (χ3n) is 3.09. The highest BCUT2D eigenvalue weighted by Crippen LogP contribution is 2.23. The van der Waals surface area contributed by atoms with Crippen LogP contribution in [0.5, 0.6) is 0 Å². The summed E-state index contributed by atoms with van der Waals surface area (Å²) in [5.74, 6) is 0. The van der Waals surface area contributed by atoms with Crippen molar-refractivity contribution >= 4 is 0 Å². The van der Waals surface area contributed by atoms with E-state index in [4.69, 9.17) is 5.73 Å². The van der Waals surface area contributed by atoms with Crippen molar-refractivity contribution in [2.24, 2.45) is 5.73 Å². The molecule has 2 rings (SSSR count). The second-order valence-corrected chi connectivity index (χ2v) is 4.13. The van der Waals surface area contributed by atoms with Gasteiger partial charge < -0.3 is 5.73 Å². The fourth-order valence-corrected chi connectivity index (χ4v) is 2.11. The van der Waals surface area contributed by atoms with Gasteiger partial charge >= 0.3 is 0 Å². The molecule has 2 heteroatoms. The molecule has 0 aliphatic carbocycles. The van der Waals surface area contributed by atoms with Crippen LogP contribution in [0.4, 0.5) is 0 Å². The van der Waals surface area contributed by atoms with Gasteiger partial charge in [-0.2, -0.15) is 0 Å². The molecule has 76 valence electrons. The van der Waals surface area contributed by atoms with E-state index < -0.39 is 0 Å². The minimum absolute atomic E-state index is 0.376. The van der Waals surface area contributed by atoms with Crippen LogP contribution in [-0.2, 0) is 0 Å². The molecule has 2 N–H and O–H groups in total. The minimum atomic E-state index is 0.376. The van der Waals surface area contributed by atoms with E-state index in [1.807, 2.05) is 0 Å². The fraction of sp³-hybridized carbons (Fsp3) is 0.500. The third-order valence-corrected chi connectivity index (χ3v) is 3.09. The maximum Gasteiger partial charge on any atom is 0.0320 e. The van der Waals surface area contributed by atoms with Crippen molar-refractivity contribution in [2.75, 3.05) is 13.1 Å². The number of likely N-dealkylation sites (tertiary alicyclic amines) is 1. The molecule has 1 aromatic rings. The Labute approximate surface area is 85.7 Å². The summed E-state index contributed by atoms with van der Waals surface area (Å²) in [5, 5.41) is 0. The van der Waals surface area contributed by atoms with Gasteiger partial charge in [-0.25, -0.2) is 0 Å². The first-order valence-electron chi connectivity index (χ1n) is 5.32. The highest BCUT2D eigenvalue weighted by molar-refractivity contribution is 5.18. The van der Waals surface area contributed by atoms with Gasteiger partial charge in [-0.05, 0) is 18.9 Å². The van der Waals surface area contributed by atoms with Crippen molar-refractivity contribution in [1.29, 1.82) is 0 Å². The van der Waals surface area contributed by atoms with Crippen molar-refractivity contribution in [3.05, 3.63) is 35.9 Å². The van der Waals surface area contributed by atoms with Crippen molar-refractivity contribution in [2.45, 2.75) is 25.4 Å². The first kappa shape index (κ1) is 9.69.